The van der Waals surface area contributed by atoms with E-state index in [1.165, 1.54) is 0 Å². The van der Waals surface area contributed by atoms with Crippen molar-refractivity contribution in [3.8, 4) is 22.5 Å². The molecule has 7 heteroatoms. The first-order valence-corrected chi connectivity index (χ1v) is 9.50. The molecule has 0 aliphatic heterocycles. The molecule has 0 atom stereocenters. The van der Waals surface area contributed by atoms with Gasteiger partial charge in [0.05, 0.1) is 24.0 Å². The molecule has 0 saturated carbocycles. The highest BCUT2D eigenvalue weighted by molar-refractivity contribution is 5.94. The van der Waals surface area contributed by atoms with E-state index in [2.05, 4.69) is 30.2 Å². The molecule has 0 fully saturated rings. The van der Waals surface area contributed by atoms with Crippen molar-refractivity contribution in [1.82, 2.24) is 24.9 Å². The molecule has 0 bridgehead atoms. The van der Waals surface area contributed by atoms with Crippen LogP contribution in [-0.4, -0.2) is 30.8 Å². The molecule has 0 saturated heterocycles. The third-order valence-electron chi connectivity index (χ3n) is 4.57. The maximum absolute atomic E-state index is 12.7. The number of hydrogen-bond acceptors (Lipinski definition) is 6. The average molecular weight is 396 g/mol. The van der Waals surface area contributed by atoms with Crippen LogP contribution in [0.2, 0.25) is 0 Å². The summed E-state index contributed by atoms with van der Waals surface area (Å²) in [5.41, 5.74) is 6.04. The molecule has 4 heterocycles. The monoisotopic (exact) mass is 396 g/mol. The van der Waals surface area contributed by atoms with E-state index in [0.717, 1.165) is 33.6 Å². The Hall–Kier alpha value is -4.00. The number of hydrogen-bond donors (Lipinski definition) is 1. The van der Waals surface area contributed by atoms with Gasteiger partial charge in [0, 0.05) is 47.8 Å². The summed E-state index contributed by atoms with van der Waals surface area (Å²) in [6.07, 6.45) is 10.2. The Morgan fingerprint density at radius 3 is 2.60 bits per heavy atom. The first-order valence-electron chi connectivity index (χ1n) is 9.50. The van der Waals surface area contributed by atoms with Crippen molar-refractivity contribution in [1.29, 1.82) is 0 Å². The van der Waals surface area contributed by atoms with Gasteiger partial charge in [-0.15, -0.1) is 0 Å². The molecular weight excluding hydrogens is 376 g/mol. The van der Waals surface area contributed by atoms with Gasteiger partial charge in [-0.1, -0.05) is 6.07 Å². The molecule has 30 heavy (non-hydrogen) atoms. The zero-order valence-electron chi connectivity index (χ0n) is 16.7. The summed E-state index contributed by atoms with van der Waals surface area (Å²) in [4.78, 5) is 34.1. The molecule has 0 aliphatic rings. The molecule has 1 N–H and O–H groups in total. The highest BCUT2D eigenvalue weighted by atomic mass is 16.1. The molecule has 4 aromatic rings. The van der Waals surface area contributed by atoms with Gasteiger partial charge in [0.25, 0.3) is 0 Å². The predicted molar refractivity (Wildman–Crippen MR) is 115 cm³/mol. The van der Waals surface area contributed by atoms with Gasteiger partial charge in [-0.25, -0.2) is 4.98 Å². The SMILES string of the molecule is Cc1cc(-c2ncc(CC(=O)Nc3ncccc3-c3cnccn3)cc2C)ccn1. The fourth-order valence-corrected chi connectivity index (χ4v) is 3.24. The second-order valence-corrected chi connectivity index (χ2v) is 6.91. The number of pyridine rings is 3. The van der Waals surface area contributed by atoms with Gasteiger partial charge in [0.2, 0.25) is 5.91 Å². The van der Waals surface area contributed by atoms with E-state index in [9.17, 15) is 4.79 Å². The normalized spacial score (nSPS) is 10.6. The lowest BCUT2D eigenvalue weighted by Gasteiger charge is -2.11. The Balaban J connectivity index is 1.51. The van der Waals surface area contributed by atoms with Gasteiger partial charge in [-0.05, 0) is 49.2 Å². The van der Waals surface area contributed by atoms with Crippen LogP contribution in [0.4, 0.5) is 5.82 Å². The zero-order valence-corrected chi connectivity index (χ0v) is 16.7. The molecule has 0 unspecified atom stereocenters. The van der Waals surface area contributed by atoms with Crippen LogP contribution in [0.25, 0.3) is 22.5 Å². The minimum Gasteiger partial charge on any atom is -0.310 e. The maximum atomic E-state index is 12.7. The fraction of sp³-hybridized carbons (Fsp3) is 0.130. The van der Waals surface area contributed by atoms with Gasteiger partial charge < -0.3 is 5.32 Å². The number of rotatable bonds is 5. The van der Waals surface area contributed by atoms with E-state index in [1.54, 1.807) is 43.2 Å². The number of carbonyl (C=O) groups is 1. The van der Waals surface area contributed by atoms with Crippen molar-refractivity contribution in [2.75, 3.05) is 5.32 Å². The van der Waals surface area contributed by atoms with Crippen LogP contribution in [0, 0.1) is 13.8 Å². The van der Waals surface area contributed by atoms with Crippen molar-refractivity contribution in [2.45, 2.75) is 20.3 Å². The van der Waals surface area contributed by atoms with Crippen LogP contribution in [0.3, 0.4) is 0 Å². The van der Waals surface area contributed by atoms with E-state index in [4.69, 9.17) is 0 Å². The van der Waals surface area contributed by atoms with Crippen LogP contribution in [0.5, 0.6) is 0 Å². The van der Waals surface area contributed by atoms with Crippen molar-refractivity contribution in [2.24, 2.45) is 0 Å². The molecule has 0 spiro atoms. The van der Waals surface area contributed by atoms with Gasteiger partial charge in [0.1, 0.15) is 5.82 Å². The van der Waals surface area contributed by atoms with Crippen LogP contribution in [0.15, 0.2) is 67.5 Å². The number of aryl methyl sites for hydroxylation is 2. The molecule has 148 valence electrons. The Kier molecular flexibility index (Phi) is 5.52. The Labute approximate surface area is 174 Å². The van der Waals surface area contributed by atoms with E-state index in [0.29, 0.717) is 11.5 Å². The van der Waals surface area contributed by atoms with Crippen molar-refractivity contribution < 1.29 is 4.79 Å². The lowest BCUT2D eigenvalue weighted by atomic mass is 10.0. The standard InChI is InChI=1S/C23H20N6O/c1-15-10-17(13-28-22(15)18-5-7-25-16(2)11-18)12-21(30)29-23-19(4-3-6-27-23)20-14-24-8-9-26-20/h3-11,13-14H,12H2,1-2H3,(H,27,29,30). The summed E-state index contributed by atoms with van der Waals surface area (Å²) in [5, 5.41) is 2.88. The van der Waals surface area contributed by atoms with Gasteiger partial charge in [0.15, 0.2) is 0 Å². The third kappa shape index (κ3) is 4.35. The minimum absolute atomic E-state index is 0.174. The molecule has 1 amide bonds. The third-order valence-corrected chi connectivity index (χ3v) is 4.57. The predicted octanol–water partition coefficient (Wildman–Crippen LogP) is 3.79. The fourth-order valence-electron chi connectivity index (χ4n) is 3.24. The summed E-state index contributed by atoms with van der Waals surface area (Å²) >= 11 is 0. The van der Waals surface area contributed by atoms with Gasteiger partial charge in [-0.2, -0.15) is 0 Å². The van der Waals surface area contributed by atoms with Crippen LogP contribution in [-0.2, 0) is 11.2 Å². The highest BCUT2D eigenvalue weighted by Gasteiger charge is 2.13. The molecular formula is C23H20N6O. The van der Waals surface area contributed by atoms with Gasteiger partial charge in [-0.3, -0.25) is 24.7 Å². The van der Waals surface area contributed by atoms with Crippen LogP contribution < -0.4 is 5.32 Å². The summed E-state index contributed by atoms with van der Waals surface area (Å²) in [6, 6.07) is 9.57. The summed E-state index contributed by atoms with van der Waals surface area (Å²) in [6.45, 7) is 3.94. The minimum atomic E-state index is -0.174. The summed E-state index contributed by atoms with van der Waals surface area (Å²) in [5.74, 6) is 0.282. The topological polar surface area (TPSA) is 93.6 Å². The van der Waals surface area contributed by atoms with Crippen LogP contribution in [0.1, 0.15) is 16.8 Å². The smallest absolute Gasteiger partial charge is 0.230 e. The van der Waals surface area contributed by atoms with Crippen molar-refractivity contribution in [3.05, 3.63) is 84.3 Å². The second-order valence-electron chi connectivity index (χ2n) is 6.91. The van der Waals surface area contributed by atoms with E-state index >= 15 is 0 Å². The highest BCUT2D eigenvalue weighted by Crippen LogP contribution is 2.24. The Morgan fingerprint density at radius 1 is 0.933 bits per heavy atom. The molecule has 0 radical (unpaired) electrons. The van der Waals surface area contributed by atoms with E-state index in [1.807, 2.05) is 38.1 Å². The molecule has 0 aromatic carbocycles. The molecule has 4 aromatic heterocycles. The maximum Gasteiger partial charge on any atom is 0.230 e. The second kappa shape index (κ2) is 8.57. The van der Waals surface area contributed by atoms with Gasteiger partial charge >= 0.3 is 0 Å². The number of nitrogens with zero attached hydrogens (tertiary/aromatic N) is 5. The average Bonchev–Trinajstić information content (AvgIpc) is 2.75. The Bertz CT molecular complexity index is 1190. The quantitative estimate of drug-likeness (QED) is 0.552. The van der Waals surface area contributed by atoms with Crippen LogP contribution >= 0.6 is 0 Å². The van der Waals surface area contributed by atoms with E-state index < -0.39 is 0 Å². The molecule has 7 nitrogen and oxygen atoms in total. The van der Waals surface area contributed by atoms with Crippen molar-refractivity contribution in [3.63, 3.8) is 0 Å². The largest absolute Gasteiger partial charge is 0.310 e. The van der Waals surface area contributed by atoms with Crippen molar-refractivity contribution >= 4 is 11.7 Å². The first-order chi connectivity index (χ1) is 14.6. The number of carbonyl (C=O) groups excluding carboxylic acids is 1. The first kappa shape index (κ1) is 19.3. The number of aromatic nitrogens is 5. The summed E-state index contributed by atoms with van der Waals surface area (Å²) < 4.78 is 0. The Morgan fingerprint density at radius 2 is 1.83 bits per heavy atom. The summed E-state index contributed by atoms with van der Waals surface area (Å²) in [7, 11) is 0. The number of nitrogens with one attached hydrogen (secondary N) is 1. The lowest BCUT2D eigenvalue weighted by molar-refractivity contribution is -0.115. The number of amides is 1. The lowest BCUT2D eigenvalue weighted by Crippen LogP contribution is -2.16. The van der Waals surface area contributed by atoms with E-state index in [-0.39, 0.29) is 12.3 Å². The molecule has 0 aliphatic carbocycles. The number of anilines is 1. The molecule has 4 rings (SSSR count). The zero-order chi connectivity index (χ0) is 20.9.